The number of non-ortho nitro benzene ring substituents is 1. The van der Waals surface area contributed by atoms with Gasteiger partial charge in [-0.15, -0.1) is 11.3 Å². The maximum atomic E-state index is 12.1. The standard InChI is InChI=1S/C16H10ClN3O5S/c17-11-8-9(20(23)24)3-4-10(11)12-5-6-13(25-12)15(21)18-19-16(22)14-2-1-7-26-14/h1-8H,(H,18,21)(H,19,22). The first-order valence-corrected chi connectivity index (χ1v) is 8.40. The Kier molecular flexibility index (Phi) is 5.01. The van der Waals surface area contributed by atoms with E-state index in [0.717, 1.165) is 0 Å². The highest BCUT2D eigenvalue weighted by Gasteiger charge is 2.17. The minimum absolute atomic E-state index is 0.0547. The Hall–Kier alpha value is -3.17. The lowest BCUT2D eigenvalue weighted by molar-refractivity contribution is -0.384. The molecule has 0 saturated carbocycles. The Morgan fingerprint density at radius 1 is 1.12 bits per heavy atom. The van der Waals surface area contributed by atoms with Gasteiger partial charge in [-0.3, -0.25) is 30.6 Å². The molecule has 2 heterocycles. The van der Waals surface area contributed by atoms with Crippen molar-refractivity contribution in [3.05, 3.63) is 73.6 Å². The van der Waals surface area contributed by atoms with Crippen LogP contribution in [0.4, 0.5) is 5.69 Å². The molecule has 0 bridgehead atoms. The maximum absolute atomic E-state index is 12.1. The van der Waals surface area contributed by atoms with Gasteiger partial charge in [0.15, 0.2) is 5.76 Å². The van der Waals surface area contributed by atoms with Gasteiger partial charge in [0.05, 0.1) is 14.8 Å². The first-order chi connectivity index (χ1) is 12.5. The van der Waals surface area contributed by atoms with Gasteiger partial charge >= 0.3 is 5.91 Å². The van der Waals surface area contributed by atoms with E-state index in [1.54, 1.807) is 17.5 Å². The van der Waals surface area contributed by atoms with Gasteiger partial charge in [-0.2, -0.15) is 0 Å². The van der Waals surface area contributed by atoms with Crippen molar-refractivity contribution in [2.75, 3.05) is 0 Å². The van der Waals surface area contributed by atoms with Crippen molar-refractivity contribution in [2.45, 2.75) is 0 Å². The summed E-state index contributed by atoms with van der Waals surface area (Å²) < 4.78 is 5.42. The molecular formula is C16H10ClN3O5S. The number of hydrogen-bond donors (Lipinski definition) is 2. The number of hydrogen-bond acceptors (Lipinski definition) is 6. The number of benzene rings is 1. The number of carbonyl (C=O) groups is 2. The van der Waals surface area contributed by atoms with Crippen LogP contribution in [0, 0.1) is 10.1 Å². The van der Waals surface area contributed by atoms with E-state index in [1.165, 1.54) is 41.7 Å². The Morgan fingerprint density at radius 2 is 1.88 bits per heavy atom. The predicted molar refractivity (Wildman–Crippen MR) is 95.1 cm³/mol. The number of nitro benzene ring substituents is 1. The molecule has 8 nitrogen and oxygen atoms in total. The molecule has 10 heteroatoms. The molecule has 0 radical (unpaired) electrons. The lowest BCUT2D eigenvalue weighted by atomic mass is 10.1. The smallest absolute Gasteiger partial charge is 0.305 e. The van der Waals surface area contributed by atoms with Crippen LogP contribution >= 0.6 is 22.9 Å². The van der Waals surface area contributed by atoms with Gasteiger partial charge in [0, 0.05) is 17.7 Å². The van der Waals surface area contributed by atoms with E-state index in [2.05, 4.69) is 10.9 Å². The number of nitro groups is 1. The van der Waals surface area contributed by atoms with Crippen LogP contribution in [0.5, 0.6) is 0 Å². The average molecular weight is 392 g/mol. The van der Waals surface area contributed by atoms with E-state index >= 15 is 0 Å². The van der Waals surface area contributed by atoms with Gasteiger partial charge in [0.1, 0.15) is 5.76 Å². The van der Waals surface area contributed by atoms with Crippen LogP contribution in [0.15, 0.2) is 52.3 Å². The number of furan rings is 1. The largest absolute Gasteiger partial charge is 0.451 e. The summed E-state index contributed by atoms with van der Waals surface area (Å²) in [6.07, 6.45) is 0. The van der Waals surface area contributed by atoms with E-state index in [4.69, 9.17) is 16.0 Å². The molecule has 0 atom stereocenters. The van der Waals surface area contributed by atoms with E-state index in [9.17, 15) is 19.7 Å². The molecule has 0 unspecified atom stereocenters. The molecule has 2 aromatic heterocycles. The van der Waals surface area contributed by atoms with Crippen molar-refractivity contribution in [3.63, 3.8) is 0 Å². The van der Waals surface area contributed by atoms with Gasteiger partial charge < -0.3 is 4.42 Å². The van der Waals surface area contributed by atoms with Crippen molar-refractivity contribution in [3.8, 4) is 11.3 Å². The van der Waals surface area contributed by atoms with Crippen LogP contribution in [0.25, 0.3) is 11.3 Å². The lowest BCUT2D eigenvalue weighted by Gasteiger charge is -2.04. The summed E-state index contributed by atoms with van der Waals surface area (Å²) in [6, 6.07) is 10.1. The number of amides is 2. The number of halogens is 1. The molecule has 0 fully saturated rings. The van der Waals surface area contributed by atoms with Gasteiger partial charge in [-0.05, 0) is 29.6 Å². The number of carbonyl (C=O) groups excluding carboxylic acids is 2. The third kappa shape index (κ3) is 3.73. The fourth-order valence-electron chi connectivity index (χ4n) is 2.07. The summed E-state index contributed by atoms with van der Waals surface area (Å²) >= 11 is 7.27. The molecular weight excluding hydrogens is 382 g/mol. The second-order valence-electron chi connectivity index (χ2n) is 4.97. The summed E-state index contributed by atoms with van der Waals surface area (Å²) in [5.74, 6) is -0.890. The molecule has 0 spiro atoms. The Bertz CT molecular complexity index is 984. The van der Waals surface area contributed by atoms with Crippen LogP contribution in [0.1, 0.15) is 20.2 Å². The van der Waals surface area contributed by atoms with Crippen molar-refractivity contribution in [1.29, 1.82) is 0 Å². The fourth-order valence-corrected chi connectivity index (χ4v) is 2.95. The second-order valence-corrected chi connectivity index (χ2v) is 6.33. The number of thiophene rings is 1. The third-order valence-electron chi connectivity index (χ3n) is 3.29. The zero-order chi connectivity index (χ0) is 18.7. The molecule has 0 aliphatic rings. The van der Waals surface area contributed by atoms with E-state index in [-0.39, 0.29) is 22.2 Å². The fraction of sp³-hybridized carbons (Fsp3) is 0. The van der Waals surface area contributed by atoms with Gasteiger partial charge in [0.25, 0.3) is 11.6 Å². The van der Waals surface area contributed by atoms with Crippen LogP contribution < -0.4 is 10.9 Å². The number of rotatable bonds is 4. The summed E-state index contributed by atoms with van der Waals surface area (Å²) in [5, 5.41) is 12.6. The molecule has 3 rings (SSSR count). The maximum Gasteiger partial charge on any atom is 0.305 e. The normalized spacial score (nSPS) is 10.3. The Morgan fingerprint density at radius 3 is 2.54 bits per heavy atom. The van der Waals surface area contributed by atoms with Crippen LogP contribution in [0.2, 0.25) is 5.02 Å². The quantitative estimate of drug-likeness (QED) is 0.520. The van der Waals surface area contributed by atoms with Crippen molar-refractivity contribution in [1.82, 2.24) is 10.9 Å². The van der Waals surface area contributed by atoms with Crippen molar-refractivity contribution < 1.29 is 18.9 Å². The predicted octanol–water partition coefficient (Wildman–Crippen LogP) is 3.64. The van der Waals surface area contributed by atoms with Crippen molar-refractivity contribution >= 4 is 40.4 Å². The van der Waals surface area contributed by atoms with E-state index in [0.29, 0.717) is 10.4 Å². The van der Waals surface area contributed by atoms with Gasteiger partial charge in [-0.1, -0.05) is 17.7 Å². The topological polar surface area (TPSA) is 114 Å². The average Bonchev–Trinajstić information content (AvgIpc) is 3.30. The number of hydrazine groups is 1. The van der Waals surface area contributed by atoms with Gasteiger partial charge in [0.2, 0.25) is 0 Å². The van der Waals surface area contributed by atoms with Crippen LogP contribution in [0.3, 0.4) is 0 Å². The molecule has 3 aromatic rings. The summed E-state index contributed by atoms with van der Waals surface area (Å²) in [5.41, 5.74) is 4.77. The van der Waals surface area contributed by atoms with E-state index in [1.807, 2.05) is 0 Å². The highest BCUT2D eigenvalue weighted by Crippen LogP contribution is 2.32. The first kappa shape index (κ1) is 17.6. The van der Waals surface area contributed by atoms with Crippen molar-refractivity contribution in [2.24, 2.45) is 0 Å². The third-order valence-corrected chi connectivity index (χ3v) is 4.47. The lowest BCUT2D eigenvalue weighted by Crippen LogP contribution is -2.41. The van der Waals surface area contributed by atoms with Crippen LogP contribution in [-0.2, 0) is 0 Å². The molecule has 0 aliphatic carbocycles. The monoisotopic (exact) mass is 391 g/mol. The molecule has 26 heavy (non-hydrogen) atoms. The number of nitrogens with zero attached hydrogens (tertiary/aromatic N) is 1. The SMILES string of the molecule is O=C(NNC(=O)c1cccs1)c1ccc(-c2ccc([N+](=O)[O-])cc2Cl)o1. The van der Waals surface area contributed by atoms with E-state index < -0.39 is 16.7 Å². The summed E-state index contributed by atoms with van der Waals surface area (Å²) in [4.78, 5) is 34.5. The molecule has 2 N–H and O–H groups in total. The molecule has 0 saturated heterocycles. The summed E-state index contributed by atoms with van der Waals surface area (Å²) in [7, 11) is 0. The minimum Gasteiger partial charge on any atom is -0.451 e. The van der Waals surface area contributed by atoms with Gasteiger partial charge in [-0.25, -0.2) is 0 Å². The zero-order valence-corrected chi connectivity index (χ0v) is 14.5. The van der Waals surface area contributed by atoms with Crippen LogP contribution in [-0.4, -0.2) is 16.7 Å². The Labute approximate surface area is 155 Å². The highest BCUT2D eigenvalue weighted by molar-refractivity contribution is 7.12. The Balaban J connectivity index is 1.70. The minimum atomic E-state index is -0.654. The molecule has 132 valence electrons. The molecule has 0 aliphatic heterocycles. The zero-order valence-electron chi connectivity index (χ0n) is 12.9. The molecule has 2 amide bonds. The summed E-state index contributed by atoms with van der Waals surface area (Å²) in [6.45, 7) is 0. The first-order valence-electron chi connectivity index (χ1n) is 7.14. The molecule has 1 aromatic carbocycles. The highest BCUT2D eigenvalue weighted by atomic mass is 35.5. The number of nitrogens with one attached hydrogen (secondary N) is 2. The second kappa shape index (κ2) is 7.38.